The molecule has 0 atom stereocenters. The quantitative estimate of drug-likeness (QED) is 0.591. The van der Waals surface area contributed by atoms with Crippen molar-refractivity contribution in [3.05, 3.63) is 83.9 Å². The van der Waals surface area contributed by atoms with Crippen LogP contribution in [0.2, 0.25) is 0 Å². The largest absolute Gasteiger partial charge is 0.324 e. The second kappa shape index (κ2) is 7.98. The minimum atomic E-state index is -3.28. The monoisotopic (exact) mass is 447 g/mol. The molecule has 0 aliphatic carbocycles. The number of sulfonamides is 1. The fraction of sp³-hybridized carbons (Fsp3) is 0.240. The molecule has 0 bridgehead atoms. The molecule has 0 unspecified atom stereocenters. The molecular formula is C25H25N3O3S. The smallest absolute Gasteiger partial charge is 0.318 e. The van der Waals surface area contributed by atoms with Gasteiger partial charge in [0.2, 0.25) is 10.0 Å². The molecule has 2 heterocycles. The van der Waals surface area contributed by atoms with Crippen LogP contribution in [0.25, 0.3) is 11.1 Å². The van der Waals surface area contributed by atoms with Gasteiger partial charge in [0.05, 0.1) is 11.9 Å². The van der Waals surface area contributed by atoms with Gasteiger partial charge in [-0.15, -0.1) is 0 Å². The fourth-order valence-corrected chi connectivity index (χ4v) is 5.56. The minimum Gasteiger partial charge on any atom is -0.318 e. The first-order valence-corrected chi connectivity index (χ1v) is 12.6. The zero-order valence-corrected chi connectivity index (χ0v) is 18.8. The number of benzene rings is 3. The van der Waals surface area contributed by atoms with Crippen molar-refractivity contribution in [2.45, 2.75) is 13.0 Å². The van der Waals surface area contributed by atoms with Crippen molar-refractivity contribution in [3.8, 4) is 11.1 Å². The van der Waals surface area contributed by atoms with E-state index in [-0.39, 0.29) is 6.03 Å². The highest BCUT2D eigenvalue weighted by Gasteiger charge is 2.32. The van der Waals surface area contributed by atoms with Crippen molar-refractivity contribution in [2.75, 3.05) is 35.1 Å². The van der Waals surface area contributed by atoms with E-state index < -0.39 is 10.0 Å². The van der Waals surface area contributed by atoms with E-state index in [1.807, 2.05) is 53.4 Å². The number of amides is 2. The standard InChI is InChI=1S/C25H25N3O3S/c1-32(30,31)28-14-13-20-17-22(11-12-24(20)28)27-16-15-26(25(27)29)18-21-9-5-6-10-23(21)19-7-3-2-4-8-19/h2-12,17H,13-16,18H2,1H3. The van der Waals surface area contributed by atoms with E-state index in [0.29, 0.717) is 32.6 Å². The SMILES string of the molecule is CS(=O)(=O)N1CCc2cc(N3CCN(Cc4ccccc4-c4ccccc4)C3=O)ccc21. The van der Waals surface area contributed by atoms with Crippen LogP contribution in [0.1, 0.15) is 11.1 Å². The Morgan fingerprint density at radius 2 is 1.62 bits per heavy atom. The third kappa shape index (κ3) is 3.73. The summed E-state index contributed by atoms with van der Waals surface area (Å²) in [6, 6.07) is 24.0. The molecule has 164 valence electrons. The van der Waals surface area contributed by atoms with E-state index in [1.165, 1.54) is 10.6 Å². The van der Waals surface area contributed by atoms with E-state index in [1.54, 1.807) is 4.90 Å². The molecule has 0 aromatic heterocycles. The highest BCUT2D eigenvalue weighted by Crippen LogP contribution is 2.34. The highest BCUT2D eigenvalue weighted by atomic mass is 32.2. The molecule has 0 spiro atoms. The maximum Gasteiger partial charge on any atom is 0.324 e. The van der Waals surface area contributed by atoms with Crippen molar-refractivity contribution in [1.82, 2.24) is 4.90 Å². The Balaban J connectivity index is 1.36. The Hall–Kier alpha value is -3.32. The average Bonchev–Trinajstić information content (AvgIpc) is 3.38. The van der Waals surface area contributed by atoms with E-state index in [0.717, 1.165) is 33.6 Å². The van der Waals surface area contributed by atoms with Gasteiger partial charge in [0.1, 0.15) is 0 Å². The van der Waals surface area contributed by atoms with Crippen LogP contribution >= 0.6 is 0 Å². The van der Waals surface area contributed by atoms with Gasteiger partial charge in [-0.2, -0.15) is 0 Å². The third-order valence-electron chi connectivity index (χ3n) is 6.19. The number of carbonyl (C=O) groups excluding carboxylic acids is 1. The molecule has 2 aliphatic heterocycles. The van der Waals surface area contributed by atoms with Gasteiger partial charge in [-0.1, -0.05) is 54.6 Å². The molecule has 0 N–H and O–H groups in total. The molecule has 2 amide bonds. The molecule has 6 nitrogen and oxygen atoms in total. The Morgan fingerprint density at radius 1 is 0.875 bits per heavy atom. The van der Waals surface area contributed by atoms with Crippen LogP contribution in [-0.2, 0) is 23.0 Å². The summed E-state index contributed by atoms with van der Waals surface area (Å²) >= 11 is 0. The molecule has 5 rings (SSSR count). The van der Waals surface area contributed by atoms with Crippen molar-refractivity contribution < 1.29 is 13.2 Å². The number of nitrogens with zero attached hydrogens (tertiary/aromatic N) is 3. The summed E-state index contributed by atoms with van der Waals surface area (Å²) in [5.41, 5.74) is 5.90. The van der Waals surface area contributed by atoms with Crippen LogP contribution in [0.3, 0.4) is 0 Å². The lowest BCUT2D eigenvalue weighted by Gasteiger charge is -2.21. The minimum absolute atomic E-state index is 0.0224. The summed E-state index contributed by atoms with van der Waals surface area (Å²) in [4.78, 5) is 16.9. The van der Waals surface area contributed by atoms with Crippen LogP contribution < -0.4 is 9.21 Å². The lowest BCUT2D eigenvalue weighted by Crippen LogP contribution is -2.31. The number of anilines is 2. The predicted octanol–water partition coefficient (Wildman–Crippen LogP) is 4.12. The number of fused-ring (bicyclic) bond motifs is 1. The first-order valence-electron chi connectivity index (χ1n) is 10.7. The maximum atomic E-state index is 13.2. The van der Waals surface area contributed by atoms with Gasteiger partial charge in [-0.05, 0) is 46.9 Å². The molecule has 1 fully saturated rings. The topological polar surface area (TPSA) is 60.9 Å². The van der Waals surface area contributed by atoms with Gasteiger partial charge < -0.3 is 4.90 Å². The number of urea groups is 1. The third-order valence-corrected chi connectivity index (χ3v) is 7.37. The van der Waals surface area contributed by atoms with Gasteiger partial charge in [-0.25, -0.2) is 13.2 Å². The lowest BCUT2D eigenvalue weighted by molar-refractivity contribution is 0.219. The average molecular weight is 448 g/mol. The number of rotatable bonds is 5. The van der Waals surface area contributed by atoms with Crippen molar-refractivity contribution >= 4 is 27.4 Å². The molecule has 3 aromatic carbocycles. The van der Waals surface area contributed by atoms with Crippen molar-refractivity contribution in [3.63, 3.8) is 0 Å². The molecular weight excluding hydrogens is 422 g/mol. The van der Waals surface area contributed by atoms with E-state index >= 15 is 0 Å². The molecule has 7 heteroatoms. The summed E-state index contributed by atoms with van der Waals surface area (Å²) in [5, 5.41) is 0. The Morgan fingerprint density at radius 3 is 2.41 bits per heavy atom. The first-order chi connectivity index (χ1) is 15.4. The number of carbonyl (C=O) groups is 1. The number of hydrogen-bond donors (Lipinski definition) is 0. The number of hydrogen-bond acceptors (Lipinski definition) is 3. The molecule has 0 radical (unpaired) electrons. The van der Waals surface area contributed by atoms with Gasteiger partial charge in [-0.3, -0.25) is 9.21 Å². The van der Waals surface area contributed by atoms with E-state index in [2.05, 4.69) is 24.3 Å². The summed E-state index contributed by atoms with van der Waals surface area (Å²) in [7, 11) is -3.28. The molecule has 2 aliphatic rings. The van der Waals surface area contributed by atoms with Crippen molar-refractivity contribution in [1.29, 1.82) is 0 Å². The summed E-state index contributed by atoms with van der Waals surface area (Å²) in [6.07, 6.45) is 1.89. The first kappa shape index (κ1) is 20.6. The fourth-order valence-electron chi connectivity index (χ4n) is 4.60. The lowest BCUT2D eigenvalue weighted by atomic mass is 9.99. The van der Waals surface area contributed by atoms with Gasteiger partial charge in [0.25, 0.3) is 0 Å². The summed E-state index contributed by atoms with van der Waals surface area (Å²) in [5.74, 6) is 0. The predicted molar refractivity (Wildman–Crippen MR) is 127 cm³/mol. The van der Waals surface area contributed by atoms with Crippen LogP contribution in [0.4, 0.5) is 16.2 Å². The maximum absolute atomic E-state index is 13.2. The van der Waals surface area contributed by atoms with Crippen LogP contribution in [0, 0.1) is 0 Å². The molecule has 0 saturated carbocycles. The van der Waals surface area contributed by atoms with Crippen LogP contribution in [0.15, 0.2) is 72.8 Å². The summed E-state index contributed by atoms with van der Waals surface area (Å²) < 4.78 is 25.4. The van der Waals surface area contributed by atoms with Crippen LogP contribution in [-0.4, -0.2) is 45.2 Å². The van der Waals surface area contributed by atoms with Crippen LogP contribution in [0.5, 0.6) is 0 Å². The molecule has 3 aromatic rings. The second-order valence-corrected chi connectivity index (χ2v) is 10.2. The highest BCUT2D eigenvalue weighted by molar-refractivity contribution is 7.92. The summed E-state index contributed by atoms with van der Waals surface area (Å²) in [6.45, 7) is 2.26. The van der Waals surface area contributed by atoms with Gasteiger partial charge in [0, 0.05) is 31.9 Å². The Kier molecular flexibility index (Phi) is 5.13. The Labute approximate surface area is 188 Å². The molecule has 32 heavy (non-hydrogen) atoms. The zero-order chi connectivity index (χ0) is 22.3. The van der Waals surface area contributed by atoms with Gasteiger partial charge >= 0.3 is 6.03 Å². The zero-order valence-electron chi connectivity index (χ0n) is 17.9. The molecule has 1 saturated heterocycles. The normalized spacial score (nSPS) is 16.0. The second-order valence-electron chi connectivity index (χ2n) is 8.28. The Bertz CT molecular complexity index is 1270. The van der Waals surface area contributed by atoms with E-state index in [9.17, 15) is 13.2 Å². The van der Waals surface area contributed by atoms with Crippen molar-refractivity contribution in [2.24, 2.45) is 0 Å². The van der Waals surface area contributed by atoms with E-state index in [4.69, 9.17) is 0 Å². The van der Waals surface area contributed by atoms with Gasteiger partial charge in [0.15, 0.2) is 0 Å².